The molecule has 5 heteroatoms. The van der Waals surface area contributed by atoms with E-state index in [0.717, 1.165) is 5.69 Å². The van der Waals surface area contributed by atoms with Gasteiger partial charge in [-0.2, -0.15) is 5.26 Å². The Kier molecular flexibility index (Phi) is 6.30. The highest BCUT2D eigenvalue weighted by Crippen LogP contribution is 2.12. The monoisotopic (exact) mass is 247 g/mol. The Morgan fingerprint density at radius 1 is 1.39 bits per heavy atom. The van der Waals surface area contributed by atoms with Crippen molar-refractivity contribution in [3.05, 3.63) is 30.3 Å². The summed E-state index contributed by atoms with van der Waals surface area (Å²) in [5.41, 5.74) is 0.909. The number of carbonyl (C=O) groups is 1. The largest absolute Gasteiger partial charge is 0.395 e. The molecule has 0 saturated heterocycles. The van der Waals surface area contributed by atoms with E-state index in [2.05, 4.69) is 11.4 Å². The zero-order valence-electron chi connectivity index (χ0n) is 10.2. The van der Waals surface area contributed by atoms with E-state index in [4.69, 9.17) is 10.4 Å². The first kappa shape index (κ1) is 14.0. The smallest absolute Gasteiger partial charge is 0.239 e. The molecule has 0 saturated carbocycles. The predicted molar refractivity (Wildman–Crippen MR) is 69.0 cm³/mol. The molecule has 96 valence electrons. The van der Waals surface area contributed by atoms with Crippen LogP contribution in [0.1, 0.15) is 6.42 Å². The predicted octanol–water partition coefficient (Wildman–Crippen LogP) is 0.515. The molecule has 1 rings (SSSR count). The van der Waals surface area contributed by atoms with E-state index in [1.807, 2.05) is 35.2 Å². The number of hydrogen-bond acceptors (Lipinski definition) is 4. The van der Waals surface area contributed by atoms with Gasteiger partial charge < -0.3 is 15.3 Å². The van der Waals surface area contributed by atoms with E-state index in [-0.39, 0.29) is 25.6 Å². The van der Waals surface area contributed by atoms with Gasteiger partial charge in [-0.25, -0.2) is 0 Å². The minimum absolute atomic E-state index is 0.0741. The van der Waals surface area contributed by atoms with Crippen LogP contribution >= 0.6 is 0 Å². The summed E-state index contributed by atoms with van der Waals surface area (Å²) in [5.74, 6) is -0.161. The van der Waals surface area contributed by atoms with Crippen molar-refractivity contribution in [1.29, 1.82) is 5.26 Å². The van der Waals surface area contributed by atoms with Gasteiger partial charge in [0.2, 0.25) is 5.91 Å². The minimum Gasteiger partial charge on any atom is -0.395 e. The fraction of sp³-hybridized carbons (Fsp3) is 0.385. The lowest BCUT2D eigenvalue weighted by Gasteiger charge is -2.23. The first-order valence-corrected chi connectivity index (χ1v) is 5.82. The molecule has 1 aromatic rings. The fourth-order valence-electron chi connectivity index (χ4n) is 1.55. The van der Waals surface area contributed by atoms with Gasteiger partial charge in [-0.3, -0.25) is 4.79 Å². The molecule has 0 aliphatic heterocycles. The number of aliphatic hydroxyl groups is 1. The summed E-state index contributed by atoms with van der Waals surface area (Å²) in [6.07, 6.45) is 0.363. The maximum absolute atomic E-state index is 11.6. The lowest BCUT2D eigenvalue weighted by atomic mass is 10.2. The standard InChI is InChI=1S/C13H17N3O2/c14-7-4-9-16(11-13(18)15-8-10-17)12-5-2-1-3-6-12/h1-3,5-6,17H,4,8-11H2,(H,15,18). The SMILES string of the molecule is N#CCCN(CC(=O)NCCO)c1ccccc1. The van der Waals surface area contributed by atoms with E-state index in [1.54, 1.807) is 0 Å². The summed E-state index contributed by atoms with van der Waals surface area (Å²) < 4.78 is 0. The summed E-state index contributed by atoms with van der Waals surface area (Å²) in [6.45, 7) is 0.869. The Bertz CT molecular complexity index is 400. The summed E-state index contributed by atoms with van der Waals surface area (Å²) in [6, 6.07) is 11.5. The van der Waals surface area contributed by atoms with Crippen LogP contribution in [-0.4, -0.2) is 37.3 Å². The Labute approximate surface area is 107 Å². The Hall–Kier alpha value is -2.06. The molecular weight excluding hydrogens is 230 g/mol. The van der Waals surface area contributed by atoms with Crippen molar-refractivity contribution < 1.29 is 9.90 Å². The molecule has 0 bridgehead atoms. The van der Waals surface area contributed by atoms with Crippen LogP contribution in [-0.2, 0) is 4.79 Å². The summed E-state index contributed by atoms with van der Waals surface area (Å²) >= 11 is 0. The third-order valence-corrected chi connectivity index (χ3v) is 2.38. The summed E-state index contributed by atoms with van der Waals surface area (Å²) in [4.78, 5) is 13.4. The number of nitriles is 1. The molecule has 1 aromatic carbocycles. The molecule has 0 aliphatic carbocycles. The minimum atomic E-state index is -0.161. The molecule has 0 fully saturated rings. The number of rotatable bonds is 7. The molecule has 0 radical (unpaired) electrons. The lowest BCUT2D eigenvalue weighted by molar-refractivity contribution is -0.119. The van der Waals surface area contributed by atoms with Gasteiger partial charge in [0, 0.05) is 18.8 Å². The Balaban J connectivity index is 2.62. The van der Waals surface area contributed by atoms with Crippen molar-refractivity contribution in [2.24, 2.45) is 0 Å². The van der Waals surface area contributed by atoms with Crippen LogP contribution in [0.15, 0.2) is 30.3 Å². The lowest BCUT2D eigenvalue weighted by Crippen LogP contribution is -2.38. The number of benzene rings is 1. The fourth-order valence-corrected chi connectivity index (χ4v) is 1.55. The molecule has 5 nitrogen and oxygen atoms in total. The molecule has 18 heavy (non-hydrogen) atoms. The second-order valence-corrected chi connectivity index (χ2v) is 3.74. The molecular formula is C13H17N3O2. The zero-order chi connectivity index (χ0) is 13.2. The van der Waals surface area contributed by atoms with Crippen molar-refractivity contribution in [3.8, 4) is 6.07 Å². The molecule has 0 atom stereocenters. The van der Waals surface area contributed by atoms with Crippen molar-refractivity contribution in [3.63, 3.8) is 0 Å². The highest BCUT2D eigenvalue weighted by atomic mass is 16.3. The molecule has 2 N–H and O–H groups in total. The number of hydrogen-bond donors (Lipinski definition) is 2. The molecule has 0 unspecified atom stereocenters. The van der Waals surface area contributed by atoms with E-state index in [1.165, 1.54) is 0 Å². The quantitative estimate of drug-likeness (QED) is 0.736. The first-order valence-electron chi connectivity index (χ1n) is 5.82. The van der Waals surface area contributed by atoms with Gasteiger partial charge in [0.05, 0.1) is 25.6 Å². The van der Waals surface area contributed by atoms with Gasteiger partial charge in [-0.1, -0.05) is 18.2 Å². The van der Waals surface area contributed by atoms with Crippen LogP contribution in [0.5, 0.6) is 0 Å². The van der Waals surface area contributed by atoms with Crippen LogP contribution < -0.4 is 10.2 Å². The number of nitrogens with one attached hydrogen (secondary N) is 1. The zero-order valence-corrected chi connectivity index (χ0v) is 10.2. The van der Waals surface area contributed by atoms with Gasteiger partial charge >= 0.3 is 0 Å². The van der Waals surface area contributed by atoms with E-state index < -0.39 is 0 Å². The maximum Gasteiger partial charge on any atom is 0.239 e. The Morgan fingerprint density at radius 3 is 2.72 bits per heavy atom. The van der Waals surface area contributed by atoms with Gasteiger partial charge in [0.1, 0.15) is 0 Å². The molecule has 0 aromatic heterocycles. The van der Waals surface area contributed by atoms with E-state index in [9.17, 15) is 4.79 Å². The van der Waals surface area contributed by atoms with Crippen LogP contribution in [0.4, 0.5) is 5.69 Å². The van der Waals surface area contributed by atoms with E-state index in [0.29, 0.717) is 13.0 Å². The van der Waals surface area contributed by atoms with Gasteiger partial charge in [0.15, 0.2) is 0 Å². The van der Waals surface area contributed by atoms with Crippen LogP contribution in [0.25, 0.3) is 0 Å². The van der Waals surface area contributed by atoms with Gasteiger partial charge in [-0.05, 0) is 12.1 Å². The van der Waals surface area contributed by atoms with Crippen LogP contribution in [0.2, 0.25) is 0 Å². The van der Waals surface area contributed by atoms with Crippen LogP contribution in [0, 0.1) is 11.3 Å². The topological polar surface area (TPSA) is 76.4 Å². The maximum atomic E-state index is 11.6. The highest BCUT2D eigenvalue weighted by Gasteiger charge is 2.10. The highest BCUT2D eigenvalue weighted by molar-refractivity contribution is 5.81. The molecule has 0 aliphatic rings. The number of nitrogens with zero attached hydrogens (tertiary/aromatic N) is 2. The summed E-state index contributed by atoms with van der Waals surface area (Å²) in [5, 5.41) is 19.9. The second-order valence-electron chi connectivity index (χ2n) is 3.74. The van der Waals surface area contributed by atoms with Crippen molar-refractivity contribution in [2.75, 3.05) is 31.1 Å². The summed E-state index contributed by atoms with van der Waals surface area (Å²) in [7, 11) is 0. The average molecular weight is 247 g/mol. The average Bonchev–Trinajstić information content (AvgIpc) is 2.42. The van der Waals surface area contributed by atoms with Crippen molar-refractivity contribution in [1.82, 2.24) is 5.32 Å². The number of para-hydroxylation sites is 1. The molecule has 0 heterocycles. The third-order valence-electron chi connectivity index (χ3n) is 2.38. The number of amides is 1. The van der Waals surface area contributed by atoms with Gasteiger partial charge in [-0.15, -0.1) is 0 Å². The normalized spacial score (nSPS) is 9.56. The molecule has 1 amide bonds. The van der Waals surface area contributed by atoms with Crippen LogP contribution in [0.3, 0.4) is 0 Å². The third kappa shape index (κ3) is 4.85. The second kappa shape index (κ2) is 8.09. The first-order chi connectivity index (χ1) is 8.77. The van der Waals surface area contributed by atoms with Gasteiger partial charge in [0.25, 0.3) is 0 Å². The van der Waals surface area contributed by atoms with Crippen molar-refractivity contribution in [2.45, 2.75) is 6.42 Å². The number of carbonyl (C=O) groups excluding carboxylic acids is 1. The van der Waals surface area contributed by atoms with E-state index >= 15 is 0 Å². The van der Waals surface area contributed by atoms with Crippen molar-refractivity contribution >= 4 is 11.6 Å². The Morgan fingerprint density at radius 2 is 2.11 bits per heavy atom. The number of anilines is 1. The molecule has 0 spiro atoms. The number of aliphatic hydroxyl groups excluding tert-OH is 1.